The molecule has 0 bridgehead atoms. The lowest BCUT2D eigenvalue weighted by atomic mass is 10.2. The van der Waals surface area contributed by atoms with Crippen LogP contribution < -0.4 is 10.3 Å². The van der Waals surface area contributed by atoms with Gasteiger partial charge in [0.25, 0.3) is 11.4 Å². The molecule has 9 heteroatoms. The molecule has 5 aromatic rings. The highest BCUT2D eigenvalue weighted by Gasteiger charge is 2.14. The first kappa shape index (κ1) is 19.1. The Balaban J connectivity index is 1.43. The first-order chi connectivity index (χ1) is 15.1. The molecule has 0 unspecified atom stereocenters. The molecular formula is C22H15FN4O3S. The van der Waals surface area contributed by atoms with Gasteiger partial charge >= 0.3 is 0 Å². The van der Waals surface area contributed by atoms with Crippen LogP contribution in [-0.2, 0) is 6.54 Å². The zero-order valence-corrected chi connectivity index (χ0v) is 17.1. The van der Waals surface area contributed by atoms with E-state index in [0.29, 0.717) is 21.6 Å². The van der Waals surface area contributed by atoms with E-state index in [1.165, 1.54) is 34.4 Å². The zero-order valence-electron chi connectivity index (χ0n) is 16.3. The lowest BCUT2D eigenvalue weighted by Crippen LogP contribution is -2.20. The number of ether oxygens (including phenoxy) is 1. The topological polar surface area (TPSA) is 83.0 Å². The SMILES string of the molecule is COc1ccc(-c2cc3ncn(Cc4noc(-c5ccc(F)cc5)n4)c(=O)c3s2)cc1. The molecule has 0 radical (unpaired) electrons. The maximum Gasteiger partial charge on any atom is 0.271 e. The van der Waals surface area contributed by atoms with Crippen molar-refractivity contribution in [2.75, 3.05) is 7.11 Å². The Bertz CT molecular complexity index is 1420. The first-order valence-corrected chi connectivity index (χ1v) is 10.1. The standard InChI is InChI=1S/C22H15FN4O3S/c1-29-16-8-4-13(5-9-16)18-10-17-20(31-18)22(28)27(12-24-17)11-19-25-21(30-26-19)14-2-6-15(23)7-3-14/h2-10,12H,11H2,1H3. The number of methoxy groups -OCH3 is 1. The maximum atomic E-state index is 13.1. The van der Waals surface area contributed by atoms with Crippen LogP contribution in [0, 0.1) is 5.82 Å². The van der Waals surface area contributed by atoms with Gasteiger partial charge in [-0.1, -0.05) is 5.16 Å². The van der Waals surface area contributed by atoms with E-state index in [1.54, 1.807) is 19.2 Å². The Labute approximate surface area is 179 Å². The number of hydrogen-bond acceptors (Lipinski definition) is 7. The van der Waals surface area contributed by atoms with Crippen LogP contribution in [0.15, 0.2) is 70.2 Å². The molecular weight excluding hydrogens is 419 g/mol. The number of fused-ring (bicyclic) bond motifs is 1. The molecule has 154 valence electrons. The second-order valence-electron chi connectivity index (χ2n) is 6.75. The molecule has 0 aliphatic carbocycles. The van der Waals surface area contributed by atoms with Crippen LogP contribution in [0.3, 0.4) is 0 Å². The zero-order chi connectivity index (χ0) is 21.4. The Morgan fingerprint density at radius 3 is 2.58 bits per heavy atom. The number of hydrogen-bond donors (Lipinski definition) is 0. The van der Waals surface area contributed by atoms with E-state index < -0.39 is 0 Å². The molecule has 2 aromatic carbocycles. The minimum atomic E-state index is -0.348. The quantitative estimate of drug-likeness (QED) is 0.408. The summed E-state index contributed by atoms with van der Waals surface area (Å²) in [6.07, 6.45) is 1.48. The number of benzene rings is 2. The number of nitrogens with zero attached hydrogens (tertiary/aromatic N) is 4. The summed E-state index contributed by atoms with van der Waals surface area (Å²) in [5, 5.41) is 3.92. The van der Waals surface area contributed by atoms with Gasteiger partial charge in [0.15, 0.2) is 5.82 Å². The smallest absolute Gasteiger partial charge is 0.271 e. The molecule has 7 nitrogen and oxygen atoms in total. The summed E-state index contributed by atoms with van der Waals surface area (Å²) in [6.45, 7) is 0.113. The van der Waals surface area contributed by atoms with Gasteiger partial charge < -0.3 is 9.26 Å². The van der Waals surface area contributed by atoms with Gasteiger partial charge in [-0.25, -0.2) is 9.37 Å². The van der Waals surface area contributed by atoms with Gasteiger partial charge in [0, 0.05) is 10.4 Å². The van der Waals surface area contributed by atoms with E-state index in [4.69, 9.17) is 9.26 Å². The van der Waals surface area contributed by atoms with Crippen molar-refractivity contribution in [1.29, 1.82) is 0 Å². The van der Waals surface area contributed by atoms with E-state index >= 15 is 0 Å². The molecule has 0 N–H and O–H groups in total. The van der Waals surface area contributed by atoms with Crippen molar-refractivity contribution < 1.29 is 13.7 Å². The van der Waals surface area contributed by atoms with E-state index in [9.17, 15) is 9.18 Å². The van der Waals surface area contributed by atoms with Gasteiger partial charge in [-0.05, 0) is 60.2 Å². The third-order valence-electron chi connectivity index (χ3n) is 4.75. The third-order valence-corrected chi connectivity index (χ3v) is 5.91. The van der Waals surface area contributed by atoms with Crippen molar-refractivity contribution >= 4 is 21.6 Å². The fourth-order valence-electron chi connectivity index (χ4n) is 3.14. The predicted molar refractivity (Wildman–Crippen MR) is 115 cm³/mol. The molecule has 0 aliphatic rings. The van der Waals surface area contributed by atoms with Gasteiger partial charge in [-0.2, -0.15) is 4.98 Å². The van der Waals surface area contributed by atoms with Crippen LogP contribution in [0.2, 0.25) is 0 Å². The second kappa shape index (κ2) is 7.77. The minimum Gasteiger partial charge on any atom is -0.497 e. The molecule has 0 saturated heterocycles. The van der Waals surface area contributed by atoms with E-state index in [0.717, 1.165) is 16.2 Å². The fraction of sp³-hybridized carbons (Fsp3) is 0.0909. The molecule has 0 saturated carbocycles. The first-order valence-electron chi connectivity index (χ1n) is 9.32. The molecule has 5 rings (SSSR count). The molecule has 3 aromatic heterocycles. The second-order valence-corrected chi connectivity index (χ2v) is 7.81. The Kier molecular flexibility index (Phi) is 4.79. The largest absolute Gasteiger partial charge is 0.497 e. The number of thiophene rings is 1. The van der Waals surface area contributed by atoms with E-state index in [1.807, 2.05) is 30.3 Å². The van der Waals surface area contributed by atoms with Crippen LogP contribution in [0.5, 0.6) is 5.75 Å². The highest BCUT2D eigenvalue weighted by atomic mass is 32.1. The van der Waals surface area contributed by atoms with Gasteiger partial charge in [0.05, 0.1) is 25.5 Å². The summed E-state index contributed by atoms with van der Waals surface area (Å²) in [4.78, 5) is 22.6. The van der Waals surface area contributed by atoms with Gasteiger partial charge in [0.1, 0.15) is 16.3 Å². The average molecular weight is 434 g/mol. The Morgan fingerprint density at radius 1 is 1.10 bits per heavy atom. The minimum absolute atomic E-state index is 0.113. The number of aromatic nitrogens is 4. The molecule has 0 atom stereocenters. The van der Waals surface area contributed by atoms with Crippen LogP contribution in [0.4, 0.5) is 4.39 Å². The molecule has 0 aliphatic heterocycles. The normalized spacial score (nSPS) is 11.2. The van der Waals surface area contributed by atoms with Crippen molar-refractivity contribution in [3.8, 4) is 27.6 Å². The Morgan fingerprint density at radius 2 is 1.84 bits per heavy atom. The molecule has 31 heavy (non-hydrogen) atoms. The number of rotatable bonds is 5. The fourth-order valence-corrected chi connectivity index (χ4v) is 4.20. The highest BCUT2D eigenvalue weighted by Crippen LogP contribution is 2.31. The third kappa shape index (κ3) is 3.71. The molecule has 0 amide bonds. The van der Waals surface area contributed by atoms with Crippen molar-refractivity contribution in [3.63, 3.8) is 0 Å². The van der Waals surface area contributed by atoms with Crippen molar-refractivity contribution in [2.45, 2.75) is 6.54 Å². The summed E-state index contributed by atoms with van der Waals surface area (Å²) in [5.74, 6) is 1.01. The molecule has 0 spiro atoms. The van der Waals surface area contributed by atoms with Crippen LogP contribution in [0.25, 0.3) is 32.1 Å². The van der Waals surface area contributed by atoms with Crippen LogP contribution in [-0.4, -0.2) is 26.8 Å². The highest BCUT2D eigenvalue weighted by molar-refractivity contribution is 7.22. The van der Waals surface area contributed by atoms with Crippen LogP contribution >= 0.6 is 11.3 Å². The van der Waals surface area contributed by atoms with Crippen molar-refractivity contribution in [1.82, 2.24) is 19.7 Å². The maximum absolute atomic E-state index is 13.1. The average Bonchev–Trinajstić information content (AvgIpc) is 3.44. The lowest BCUT2D eigenvalue weighted by Gasteiger charge is -2.00. The molecule has 0 fully saturated rings. The van der Waals surface area contributed by atoms with Crippen molar-refractivity contribution in [2.24, 2.45) is 0 Å². The van der Waals surface area contributed by atoms with Gasteiger partial charge in [-0.3, -0.25) is 9.36 Å². The van der Waals surface area contributed by atoms with Gasteiger partial charge in [0.2, 0.25) is 0 Å². The lowest BCUT2D eigenvalue weighted by molar-refractivity contribution is 0.415. The van der Waals surface area contributed by atoms with Gasteiger partial charge in [-0.15, -0.1) is 11.3 Å². The van der Waals surface area contributed by atoms with E-state index in [2.05, 4.69) is 15.1 Å². The summed E-state index contributed by atoms with van der Waals surface area (Å²) >= 11 is 1.38. The molecule has 3 heterocycles. The summed E-state index contributed by atoms with van der Waals surface area (Å²) in [5.41, 5.74) is 2.04. The number of halogens is 1. The summed E-state index contributed by atoms with van der Waals surface area (Å²) in [6, 6.07) is 15.3. The van der Waals surface area contributed by atoms with E-state index in [-0.39, 0.29) is 23.8 Å². The van der Waals surface area contributed by atoms with Crippen molar-refractivity contribution in [3.05, 3.63) is 82.9 Å². The Hall–Kier alpha value is -3.85. The predicted octanol–water partition coefficient (Wildman–Crippen LogP) is 4.37. The monoisotopic (exact) mass is 434 g/mol. The summed E-state index contributed by atoms with van der Waals surface area (Å²) < 4.78 is 25.5. The summed E-state index contributed by atoms with van der Waals surface area (Å²) in [7, 11) is 1.62. The van der Waals surface area contributed by atoms with Crippen LogP contribution in [0.1, 0.15) is 5.82 Å².